The van der Waals surface area contributed by atoms with E-state index in [0.717, 1.165) is 129 Å². The van der Waals surface area contributed by atoms with Gasteiger partial charge in [0.15, 0.2) is 28.3 Å². The van der Waals surface area contributed by atoms with Crippen LogP contribution in [0.25, 0.3) is 44.1 Å². The average molecular weight is 1680 g/mol. The molecule has 1 aliphatic carbocycles. The lowest BCUT2D eigenvalue weighted by Gasteiger charge is -2.30. The standard InChI is InChI=1S/C22H16N6O3S.C20H22N6O2S.C20H23N5OS.C19H13Cl2N5O2S/c1-28-21(30)15-6-5-13(8-16(15)22(28)31)19(29)26-14-4-2-3-12(7-14)10-32-20-17-9-25-27-18(17)23-11-24-20;1-13(27)26-7-5-15(6-8-26)19(28)24-16-4-2-3-14(9-16)11-29-20-17-10-23-25-18(17)21-12-22-20;26-19(15-7-3-1-2-4-8-15)24-16-9-5-6-14(10-16)12-27-20-17-11-23-25-18(17)21-13-22-20;20-14-5-11(6-15(21)16(14)27)18(28)25-12-3-1-2-10(4-12)8-29-19-13-7-24-26-17(13)22-9-23-19/h2-9,11H,10H2,1H3,(H,26,29)(H,23,24,25,27);2-4,9-10,12,15H,5-8,11H2,1H3,(H,24,28)(H,21,22,23,25);5-6,9-11,13,15H,1-4,7-8,12H2,(H,24,26)(H,21,22,23,25);1-7,9,27H,8H2,(H,25,28)(H,22,23,24,26). The van der Waals surface area contributed by atoms with Crippen LogP contribution in [-0.2, 0) is 37.4 Å². The maximum atomic E-state index is 12.7. The van der Waals surface area contributed by atoms with Crippen LogP contribution >= 0.6 is 70.2 Å². The van der Waals surface area contributed by atoms with E-state index in [2.05, 4.69) is 114 Å². The smallest absolute Gasteiger partial charge is 0.261 e. The topological polar surface area (TPSA) is 412 Å². The molecule has 594 valence electrons. The van der Waals surface area contributed by atoms with Crippen LogP contribution < -0.4 is 21.3 Å². The van der Waals surface area contributed by atoms with Crippen molar-refractivity contribution in [1.29, 1.82) is 0 Å². The molecule has 0 unspecified atom stereocenters. The molecular weight excluding hydrogens is 1610 g/mol. The minimum absolute atomic E-state index is 0.0169. The molecule has 10 heterocycles. The minimum atomic E-state index is -0.407. The fraction of sp³-hybridized carbons (Fsp3) is 0.222. The number of phenolic OH excluding ortho intramolecular Hbond substituents is 1. The summed E-state index contributed by atoms with van der Waals surface area (Å²) >= 11 is 18.1. The summed E-state index contributed by atoms with van der Waals surface area (Å²) in [6.45, 7) is 2.86. The normalized spacial score (nSPS) is 13.5. The number of fused-ring (bicyclic) bond motifs is 5. The Kier molecular flexibility index (Phi) is 26.8. The second-order valence-corrected chi connectivity index (χ2v) is 31.9. The number of nitrogens with zero attached hydrogens (tertiary/aromatic N) is 14. The van der Waals surface area contributed by atoms with E-state index in [1.165, 1.54) is 63.1 Å². The lowest BCUT2D eigenvalue weighted by molar-refractivity contribution is -0.132. The fourth-order valence-corrected chi connectivity index (χ4v) is 17.2. The third kappa shape index (κ3) is 20.7. The van der Waals surface area contributed by atoms with Crippen molar-refractivity contribution in [2.45, 2.75) is 101 Å². The molecule has 2 aliphatic heterocycles. The van der Waals surface area contributed by atoms with E-state index < -0.39 is 5.91 Å². The summed E-state index contributed by atoms with van der Waals surface area (Å²) in [5, 5.41) is 55.8. The number of amides is 7. The highest BCUT2D eigenvalue weighted by atomic mass is 35.5. The van der Waals surface area contributed by atoms with E-state index in [4.69, 9.17) is 23.2 Å². The molecule has 0 radical (unpaired) electrons. The van der Waals surface area contributed by atoms with Crippen LogP contribution in [0.5, 0.6) is 5.75 Å². The Morgan fingerprint density at radius 1 is 0.436 bits per heavy atom. The molecule has 0 bridgehead atoms. The zero-order valence-electron chi connectivity index (χ0n) is 62.8. The van der Waals surface area contributed by atoms with E-state index in [9.17, 15) is 38.7 Å². The second kappa shape index (κ2) is 38.5. The van der Waals surface area contributed by atoms with Crippen molar-refractivity contribution < 1.29 is 38.7 Å². The second-order valence-electron chi connectivity index (χ2n) is 27.3. The first-order chi connectivity index (χ1) is 56.9. The lowest BCUT2D eigenvalue weighted by atomic mass is 9.96. The van der Waals surface area contributed by atoms with Gasteiger partial charge >= 0.3 is 0 Å². The molecule has 9 N–H and O–H groups in total. The van der Waals surface area contributed by atoms with Crippen LogP contribution in [0.3, 0.4) is 0 Å². The Morgan fingerprint density at radius 3 is 1.16 bits per heavy atom. The van der Waals surface area contributed by atoms with Gasteiger partial charge < -0.3 is 31.3 Å². The van der Waals surface area contributed by atoms with Gasteiger partial charge in [0, 0.05) is 95.8 Å². The molecule has 7 amide bonds. The number of phenols is 1. The van der Waals surface area contributed by atoms with Gasteiger partial charge in [-0.3, -0.25) is 58.9 Å². The predicted molar refractivity (Wildman–Crippen MR) is 451 cm³/mol. The summed E-state index contributed by atoms with van der Waals surface area (Å²) in [5.41, 5.74) is 11.1. The number of hydrogen-bond donors (Lipinski definition) is 9. The number of carbonyl (C=O) groups excluding carboxylic acids is 7. The minimum Gasteiger partial charge on any atom is -0.505 e. The molecule has 36 heteroatoms. The van der Waals surface area contributed by atoms with Crippen LogP contribution in [0.4, 0.5) is 22.7 Å². The number of H-pyrrole nitrogens is 4. The fourth-order valence-electron chi connectivity index (χ4n) is 13.1. The number of thioether (sulfide) groups is 4. The van der Waals surface area contributed by atoms with E-state index in [-0.39, 0.29) is 74.2 Å². The number of hydrogen-bond acceptors (Lipinski definition) is 24. The summed E-state index contributed by atoms with van der Waals surface area (Å²) in [4.78, 5) is 123. The highest BCUT2D eigenvalue weighted by Crippen LogP contribution is 2.36. The molecule has 14 aromatic rings. The van der Waals surface area contributed by atoms with Gasteiger partial charge in [-0.25, -0.2) is 39.9 Å². The van der Waals surface area contributed by atoms with Gasteiger partial charge in [0.2, 0.25) is 17.7 Å². The van der Waals surface area contributed by atoms with Crippen LogP contribution in [0, 0.1) is 11.8 Å². The Hall–Kier alpha value is -12.2. The number of aromatic hydroxyl groups is 1. The van der Waals surface area contributed by atoms with Gasteiger partial charge in [-0.15, -0.1) is 47.0 Å². The Balaban J connectivity index is 0.000000129. The molecule has 2 fully saturated rings. The summed E-state index contributed by atoms with van der Waals surface area (Å²) in [5.74, 6) is 1.38. The van der Waals surface area contributed by atoms with E-state index in [1.807, 2.05) is 72.8 Å². The van der Waals surface area contributed by atoms with Gasteiger partial charge in [-0.1, -0.05) is 97.4 Å². The maximum absolute atomic E-state index is 12.7. The van der Waals surface area contributed by atoms with Crippen LogP contribution in [-0.4, -0.2) is 157 Å². The summed E-state index contributed by atoms with van der Waals surface area (Å²) in [6.07, 6.45) is 21.2. The molecule has 30 nitrogen and oxygen atoms in total. The lowest BCUT2D eigenvalue weighted by Crippen LogP contribution is -2.40. The molecule has 1 saturated carbocycles. The number of carbonyl (C=O) groups is 7. The quantitative estimate of drug-likeness (QED) is 0.0148. The Morgan fingerprint density at radius 2 is 0.786 bits per heavy atom. The average Bonchev–Trinajstić information content (AvgIpc) is 1.63. The van der Waals surface area contributed by atoms with E-state index in [0.29, 0.717) is 71.2 Å². The Bertz CT molecular complexity index is 5970. The van der Waals surface area contributed by atoms with Gasteiger partial charge in [0.1, 0.15) is 45.4 Å². The highest BCUT2D eigenvalue weighted by molar-refractivity contribution is 7.99. The van der Waals surface area contributed by atoms with Crippen molar-refractivity contribution in [1.82, 2.24) is 90.5 Å². The van der Waals surface area contributed by atoms with Gasteiger partial charge in [0.05, 0.1) is 67.5 Å². The van der Waals surface area contributed by atoms with Crippen molar-refractivity contribution in [2.24, 2.45) is 11.8 Å². The number of nitrogens with one attached hydrogen (secondary N) is 8. The SMILES string of the molecule is CC(=O)N1CCC(C(=O)Nc2cccc(CSc3ncnc4[nH]ncc34)c2)CC1.CN1C(=O)c2ccc(C(=O)Nc3cccc(CSc4ncnc5[nH]ncc45)c3)cc2C1=O.O=C(Nc1cccc(CSc2ncnc3[nH]ncc23)c1)C1CCCCCC1.O=C(Nc1cccc(CSc2ncnc3[nH]ncc23)c1)c1cc(Cl)c(O)c(Cl)c1. The first kappa shape index (κ1) is 81.4. The van der Waals surface area contributed by atoms with Crippen LogP contribution in [0.1, 0.15) is 122 Å². The third-order valence-electron chi connectivity index (χ3n) is 19.3. The van der Waals surface area contributed by atoms with E-state index >= 15 is 0 Å². The molecule has 3 aliphatic rings. The molecule has 0 spiro atoms. The van der Waals surface area contributed by atoms with Gasteiger partial charge in [0.25, 0.3) is 23.6 Å². The van der Waals surface area contributed by atoms with Crippen molar-refractivity contribution in [3.63, 3.8) is 0 Å². The van der Waals surface area contributed by atoms with Gasteiger partial charge in [-0.2, -0.15) is 20.4 Å². The number of rotatable bonds is 20. The largest absolute Gasteiger partial charge is 0.505 e. The molecule has 6 aromatic carbocycles. The molecule has 8 aromatic heterocycles. The number of piperidine rings is 1. The molecule has 117 heavy (non-hydrogen) atoms. The third-order valence-corrected chi connectivity index (χ3v) is 24.2. The number of benzene rings is 6. The van der Waals surface area contributed by atoms with Crippen LogP contribution in [0.2, 0.25) is 10.0 Å². The zero-order chi connectivity index (χ0) is 81.3. The highest BCUT2D eigenvalue weighted by Gasteiger charge is 2.34. The molecule has 0 atom stereocenters. The summed E-state index contributed by atoms with van der Waals surface area (Å²) in [6, 6.07) is 38.2. The number of imide groups is 1. The molecular formula is C81H74Cl2N22O8S4. The number of aromatic nitrogens is 16. The summed E-state index contributed by atoms with van der Waals surface area (Å²) < 4.78 is 0. The summed E-state index contributed by atoms with van der Waals surface area (Å²) in [7, 11) is 1.42. The van der Waals surface area contributed by atoms with E-state index in [1.54, 1.807) is 108 Å². The predicted octanol–water partition coefficient (Wildman–Crippen LogP) is 15.4. The number of halogens is 2. The number of likely N-dealkylation sites (tertiary alicyclic amines) is 1. The van der Waals surface area contributed by atoms with Crippen molar-refractivity contribution >= 4 is 178 Å². The number of anilines is 4. The number of aromatic amines is 4. The Labute approximate surface area is 695 Å². The van der Waals surface area contributed by atoms with Crippen molar-refractivity contribution in [2.75, 3.05) is 41.4 Å². The molecule has 1 saturated heterocycles. The molecule has 17 rings (SSSR count). The first-order valence-corrected chi connectivity index (χ1v) is 41.7. The maximum Gasteiger partial charge on any atom is 0.261 e. The first-order valence-electron chi connectivity index (χ1n) is 37.0. The van der Waals surface area contributed by atoms with Crippen LogP contribution in [0.15, 0.2) is 198 Å². The zero-order valence-corrected chi connectivity index (χ0v) is 67.5. The van der Waals surface area contributed by atoms with Gasteiger partial charge in [-0.05, 0) is 127 Å². The van der Waals surface area contributed by atoms with Crippen molar-refractivity contribution in [3.8, 4) is 5.75 Å². The van der Waals surface area contributed by atoms with Crippen molar-refractivity contribution in [3.05, 3.63) is 232 Å². The monoisotopic (exact) mass is 1680 g/mol.